The topological polar surface area (TPSA) is 84.1 Å². The first-order valence-electron chi connectivity index (χ1n) is 11.3. The van der Waals surface area contributed by atoms with Crippen LogP contribution in [-0.4, -0.2) is 34.8 Å². The second-order valence-electron chi connectivity index (χ2n) is 8.20. The molecule has 0 fully saturated rings. The first-order valence-corrected chi connectivity index (χ1v) is 11.3. The van der Waals surface area contributed by atoms with Crippen LogP contribution in [0.4, 0.5) is 0 Å². The molecule has 2 aromatic heterocycles. The zero-order valence-corrected chi connectivity index (χ0v) is 19.6. The van der Waals surface area contributed by atoms with Gasteiger partial charge in [0.25, 0.3) is 5.91 Å². The molecule has 0 radical (unpaired) electrons. The lowest BCUT2D eigenvalue weighted by molar-refractivity contribution is -0.115. The van der Waals surface area contributed by atoms with Crippen molar-refractivity contribution in [1.29, 1.82) is 0 Å². The number of para-hydroxylation sites is 1. The molecule has 0 spiro atoms. The van der Waals surface area contributed by atoms with Gasteiger partial charge >= 0.3 is 0 Å². The predicted octanol–water partition coefficient (Wildman–Crippen LogP) is 4.92. The summed E-state index contributed by atoms with van der Waals surface area (Å²) in [6.07, 6.45) is 7.72. The van der Waals surface area contributed by atoms with Crippen molar-refractivity contribution in [2.45, 2.75) is 18.9 Å². The largest absolute Gasteiger partial charge is 0.496 e. The Bertz CT molecular complexity index is 1390. The summed E-state index contributed by atoms with van der Waals surface area (Å²) in [5.41, 5.74) is 4.13. The SMILES string of the molecule is C=CCc1ccc(C(=C)C(=O)C(Cc2c[nH]c3ccccc23)NC(=O)c2cccnc2)c(OC)c1. The summed E-state index contributed by atoms with van der Waals surface area (Å²) in [5.74, 6) is -0.119. The van der Waals surface area contributed by atoms with E-state index in [-0.39, 0.29) is 17.3 Å². The number of methoxy groups -OCH3 is 1. The van der Waals surface area contributed by atoms with Crippen LogP contribution >= 0.6 is 0 Å². The summed E-state index contributed by atoms with van der Waals surface area (Å²) in [6, 6.07) is 16.0. The van der Waals surface area contributed by atoms with Gasteiger partial charge < -0.3 is 15.0 Å². The van der Waals surface area contributed by atoms with E-state index in [1.807, 2.05) is 48.7 Å². The van der Waals surface area contributed by atoms with Crippen LogP contribution in [0.2, 0.25) is 0 Å². The fraction of sp³-hybridized carbons (Fsp3) is 0.138. The van der Waals surface area contributed by atoms with Gasteiger partial charge in [-0.25, -0.2) is 0 Å². The molecule has 0 bridgehead atoms. The standard InChI is InChI=1S/C29H27N3O3/c1-4-8-20-12-13-23(27(15-20)35-3)19(2)28(33)26(32-29(34)21-9-7-14-30-17-21)16-22-18-31-25-11-6-5-10-24(22)25/h4-7,9-15,17-18,26,31H,1-2,8,16H2,3H3,(H,32,34). The number of hydrogen-bond donors (Lipinski definition) is 2. The zero-order chi connectivity index (χ0) is 24.8. The maximum Gasteiger partial charge on any atom is 0.253 e. The van der Waals surface area contributed by atoms with Gasteiger partial charge in [-0.3, -0.25) is 14.6 Å². The summed E-state index contributed by atoms with van der Waals surface area (Å²) in [6.45, 7) is 7.85. The minimum atomic E-state index is -0.841. The number of carbonyl (C=O) groups excluding carboxylic acids is 2. The van der Waals surface area contributed by atoms with E-state index in [4.69, 9.17) is 4.74 Å². The van der Waals surface area contributed by atoms with Crippen LogP contribution in [-0.2, 0) is 17.6 Å². The van der Waals surface area contributed by atoms with Crippen molar-refractivity contribution in [3.8, 4) is 5.75 Å². The van der Waals surface area contributed by atoms with E-state index in [1.54, 1.807) is 31.5 Å². The molecule has 6 heteroatoms. The Morgan fingerprint density at radius 2 is 2.00 bits per heavy atom. The van der Waals surface area contributed by atoms with Gasteiger partial charge in [0.2, 0.25) is 0 Å². The van der Waals surface area contributed by atoms with Crippen molar-refractivity contribution in [2.24, 2.45) is 0 Å². The van der Waals surface area contributed by atoms with Crippen molar-refractivity contribution >= 4 is 28.2 Å². The number of hydrogen-bond acceptors (Lipinski definition) is 4. The Morgan fingerprint density at radius 3 is 2.74 bits per heavy atom. The summed E-state index contributed by atoms with van der Waals surface area (Å²) in [4.78, 5) is 34.0. The lowest BCUT2D eigenvalue weighted by atomic mass is 9.92. The lowest BCUT2D eigenvalue weighted by Crippen LogP contribution is -2.42. The minimum absolute atomic E-state index is 0.267. The Morgan fingerprint density at radius 1 is 1.17 bits per heavy atom. The monoisotopic (exact) mass is 465 g/mol. The number of aromatic amines is 1. The second-order valence-corrected chi connectivity index (χ2v) is 8.20. The molecule has 2 heterocycles. The third kappa shape index (κ3) is 5.22. The van der Waals surface area contributed by atoms with Gasteiger partial charge in [-0.15, -0.1) is 6.58 Å². The maximum absolute atomic E-state index is 13.7. The summed E-state index contributed by atoms with van der Waals surface area (Å²) < 4.78 is 5.55. The molecule has 4 aromatic rings. The molecule has 1 unspecified atom stereocenters. The number of pyridine rings is 1. The number of ether oxygens (including phenoxy) is 1. The quantitative estimate of drug-likeness (QED) is 0.257. The number of nitrogens with zero attached hydrogens (tertiary/aromatic N) is 1. The van der Waals surface area contributed by atoms with Crippen molar-refractivity contribution < 1.29 is 14.3 Å². The first-order chi connectivity index (χ1) is 17.0. The number of Topliss-reactive ketones (excluding diaryl/α,β-unsaturated/α-hetero) is 1. The van der Waals surface area contributed by atoms with Gasteiger partial charge in [0.15, 0.2) is 5.78 Å². The van der Waals surface area contributed by atoms with Crippen LogP contribution in [0.3, 0.4) is 0 Å². The number of nitrogens with one attached hydrogen (secondary N) is 2. The van der Waals surface area contributed by atoms with Crippen molar-refractivity contribution in [3.05, 3.63) is 115 Å². The molecular weight excluding hydrogens is 438 g/mol. The predicted molar refractivity (Wildman–Crippen MR) is 138 cm³/mol. The first kappa shape index (κ1) is 23.7. The van der Waals surface area contributed by atoms with E-state index in [0.717, 1.165) is 22.0 Å². The van der Waals surface area contributed by atoms with E-state index >= 15 is 0 Å². The van der Waals surface area contributed by atoms with Crippen molar-refractivity contribution in [3.63, 3.8) is 0 Å². The van der Waals surface area contributed by atoms with Gasteiger partial charge in [-0.05, 0) is 41.8 Å². The Balaban J connectivity index is 1.66. The summed E-state index contributed by atoms with van der Waals surface area (Å²) in [7, 11) is 1.56. The Hall–Kier alpha value is -4.45. The number of amides is 1. The number of benzene rings is 2. The number of aromatic nitrogens is 2. The highest BCUT2D eigenvalue weighted by molar-refractivity contribution is 6.24. The minimum Gasteiger partial charge on any atom is -0.496 e. The zero-order valence-electron chi connectivity index (χ0n) is 19.6. The van der Waals surface area contributed by atoms with Crippen LogP contribution in [0.5, 0.6) is 5.75 Å². The molecule has 1 atom stereocenters. The molecule has 4 rings (SSSR count). The molecule has 2 aromatic carbocycles. The van der Waals surface area contributed by atoms with Crippen LogP contribution in [0.25, 0.3) is 16.5 Å². The van der Waals surface area contributed by atoms with E-state index in [0.29, 0.717) is 29.7 Å². The lowest BCUT2D eigenvalue weighted by Gasteiger charge is -2.20. The van der Waals surface area contributed by atoms with Crippen LogP contribution in [0.15, 0.2) is 92.4 Å². The highest BCUT2D eigenvalue weighted by atomic mass is 16.5. The van der Waals surface area contributed by atoms with Crippen LogP contribution in [0, 0.1) is 0 Å². The van der Waals surface area contributed by atoms with Crippen LogP contribution in [0.1, 0.15) is 27.0 Å². The molecule has 0 aliphatic carbocycles. The van der Waals surface area contributed by atoms with Gasteiger partial charge in [-0.1, -0.05) is 43.0 Å². The number of ketones is 1. The summed E-state index contributed by atoms with van der Waals surface area (Å²) >= 11 is 0. The van der Waals surface area contributed by atoms with Gasteiger partial charge in [-0.2, -0.15) is 0 Å². The van der Waals surface area contributed by atoms with E-state index in [1.165, 1.54) is 6.20 Å². The van der Waals surface area contributed by atoms with Gasteiger partial charge in [0, 0.05) is 47.1 Å². The molecule has 176 valence electrons. The number of carbonyl (C=O) groups is 2. The Kier molecular flexibility index (Phi) is 7.21. The normalized spacial score (nSPS) is 11.6. The van der Waals surface area contributed by atoms with Gasteiger partial charge in [0.05, 0.1) is 18.7 Å². The second kappa shape index (κ2) is 10.7. The molecule has 0 saturated carbocycles. The third-order valence-corrected chi connectivity index (χ3v) is 5.91. The van der Waals surface area contributed by atoms with Crippen molar-refractivity contribution in [1.82, 2.24) is 15.3 Å². The molecule has 0 saturated heterocycles. The fourth-order valence-corrected chi connectivity index (χ4v) is 4.09. The Labute approximate surface area is 204 Å². The van der Waals surface area contributed by atoms with Gasteiger partial charge in [0.1, 0.15) is 5.75 Å². The average molecular weight is 466 g/mol. The van der Waals surface area contributed by atoms with E-state index in [9.17, 15) is 9.59 Å². The van der Waals surface area contributed by atoms with Crippen molar-refractivity contribution in [2.75, 3.05) is 7.11 Å². The average Bonchev–Trinajstić information content (AvgIpc) is 3.30. The molecule has 0 aliphatic rings. The molecule has 1 amide bonds. The maximum atomic E-state index is 13.7. The number of fused-ring (bicyclic) bond motifs is 1. The van der Waals surface area contributed by atoms with E-state index in [2.05, 4.69) is 28.4 Å². The fourth-order valence-electron chi connectivity index (χ4n) is 4.09. The summed E-state index contributed by atoms with van der Waals surface area (Å²) in [5, 5.41) is 3.90. The molecule has 2 N–H and O–H groups in total. The third-order valence-electron chi connectivity index (χ3n) is 5.91. The highest BCUT2D eigenvalue weighted by Crippen LogP contribution is 2.29. The highest BCUT2D eigenvalue weighted by Gasteiger charge is 2.27. The number of H-pyrrole nitrogens is 1. The smallest absolute Gasteiger partial charge is 0.253 e. The molecule has 35 heavy (non-hydrogen) atoms. The molecule has 6 nitrogen and oxygen atoms in total. The molecular formula is C29H27N3O3. The molecule has 0 aliphatic heterocycles. The van der Waals surface area contributed by atoms with Crippen LogP contribution < -0.4 is 10.1 Å². The number of allylic oxidation sites excluding steroid dienone is 1. The van der Waals surface area contributed by atoms with E-state index < -0.39 is 6.04 Å². The number of rotatable bonds is 10.